The van der Waals surface area contributed by atoms with Crippen molar-refractivity contribution in [2.24, 2.45) is 5.73 Å². The van der Waals surface area contributed by atoms with Gasteiger partial charge >= 0.3 is 6.18 Å². The van der Waals surface area contributed by atoms with Crippen molar-refractivity contribution in [1.29, 1.82) is 0 Å². The van der Waals surface area contributed by atoms with Crippen molar-refractivity contribution < 1.29 is 17.9 Å². The molecule has 2 N–H and O–H groups in total. The topological polar surface area (TPSA) is 48.1 Å². The molecule has 1 aromatic carbocycles. The van der Waals surface area contributed by atoms with Crippen molar-refractivity contribution >= 4 is 22.5 Å². The lowest BCUT2D eigenvalue weighted by Crippen LogP contribution is -2.40. The van der Waals surface area contributed by atoms with Gasteiger partial charge in [0.2, 0.25) is 6.10 Å². The first-order valence-electron chi connectivity index (χ1n) is 5.40. The molecule has 0 aliphatic carbocycles. The maximum absolute atomic E-state index is 12.6. The third-order valence-corrected chi connectivity index (χ3v) is 2.86. The molecule has 1 atom stereocenters. The highest BCUT2D eigenvalue weighted by molar-refractivity contribution is 6.35. The number of rotatable bonds is 3. The van der Waals surface area contributed by atoms with E-state index in [1.165, 1.54) is 18.3 Å². The summed E-state index contributed by atoms with van der Waals surface area (Å²) in [7, 11) is 0. The number of alkyl halides is 3. The molecule has 2 rings (SSSR count). The third-order valence-electron chi connectivity index (χ3n) is 2.53. The number of fused-ring (bicyclic) bond motifs is 1. The molecule has 0 amide bonds. The number of pyridine rings is 1. The Morgan fingerprint density at radius 1 is 1.32 bits per heavy atom. The van der Waals surface area contributed by atoms with Crippen molar-refractivity contribution in [2.75, 3.05) is 6.54 Å². The lowest BCUT2D eigenvalue weighted by molar-refractivity contribution is -0.191. The van der Waals surface area contributed by atoms with Crippen LogP contribution in [-0.4, -0.2) is 23.8 Å². The van der Waals surface area contributed by atoms with Crippen molar-refractivity contribution in [3.05, 3.63) is 35.5 Å². The number of nitrogens with two attached hydrogens (primary N) is 1. The van der Waals surface area contributed by atoms with Gasteiger partial charge in [0.25, 0.3) is 0 Å². The summed E-state index contributed by atoms with van der Waals surface area (Å²) in [6.45, 7) is -0.666. The van der Waals surface area contributed by atoms with Crippen LogP contribution in [-0.2, 0) is 0 Å². The van der Waals surface area contributed by atoms with E-state index < -0.39 is 18.8 Å². The monoisotopic (exact) mass is 290 g/mol. The molecule has 0 radical (unpaired) electrons. The van der Waals surface area contributed by atoms with Crippen LogP contribution >= 0.6 is 11.6 Å². The molecule has 1 heterocycles. The minimum absolute atomic E-state index is 0.00720. The number of hydrogen-bond acceptors (Lipinski definition) is 3. The molecular formula is C12H10ClF3N2O. The van der Waals surface area contributed by atoms with Crippen molar-refractivity contribution in [2.45, 2.75) is 12.3 Å². The van der Waals surface area contributed by atoms with Gasteiger partial charge in [-0.05, 0) is 24.3 Å². The standard InChI is InChI=1S/C12H10ClF3N2O/c13-8-3-4-9(11-7(8)2-1-5-18-11)19-10(6-17)12(14,15)16/h1-5,10H,6,17H2. The number of halogens is 4. The molecule has 0 saturated heterocycles. The summed E-state index contributed by atoms with van der Waals surface area (Å²) < 4.78 is 42.8. The van der Waals surface area contributed by atoms with Crippen LogP contribution in [0.5, 0.6) is 5.75 Å². The van der Waals surface area contributed by atoms with E-state index >= 15 is 0 Å². The van der Waals surface area contributed by atoms with Gasteiger partial charge in [0.1, 0.15) is 11.3 Å². The largest absolute Gasteiger partial charge is 0.477 e. The molecule has 0 aliphatic heterocycles. The third kappa shape index (κ3) is 2.90. The number of benzene rings is 1. The van der Waals surface area contributed by atoms with Gasteiger partial charge in [0, 0.05) is 18.1 Å². The summed E-state index contributed by atoms with van der Waals surface area (Å²) in [6, 6.07) is 6.11. The van der Waals surface area contributed by atoms with E-state index in [0.717, 1.165) is 0 Å². The number of aromatic nitrogens is 1. The Labute approximate surface area is 112 Å². The van der Waals surface area contributed by atoms with Crippen molar-refractivity contribution in [3.8, 4) is 5.75 Å². The van der Waals surface area contributed by atoms with Gasteiger partial charge < -0.3 is 10.5 Å². The Bertz CT molecular complexity index is 589. The Kier molecular flexibility index (Phi) is 3.82. The zero-order valence-corrected chi connectivity index (χ0v) is 10.4. The Hall–Kier alpha value is -1.53. The molecule has 0 bridgehead atoms. The van der Waals surface area contributed by atoms with Gasteiger partial charge in [-0.2, -0.15) is 13.2 Å². The average Bonchev–Trinajstić information content (AvgIpc) is 2.37. The number of ether oxygens (including phenoxy) is 1. The van der Waals surface area contributed by atoms with Gasteiger partial charge in [0.05, 0.1) is 5.02 Å². The van der Waals surface area contributed by atoms with E-state index in [2.05, 4.69) is 4.98 Å². The quantitative estimate of drug-likeness (QED) is 0.944. The Balaban J connectivity index is 2.44. The molecule has 1 unspecified atom stereocenters. The lowest BCUT2D eigenvalue weighted by Gasteiger charge is -2.20. The van der Waals surface area contributed by atoms with Gasteiger partial charge in [-0.3, -0.25) is 4.98 Å². The van der Waals surface area contributed by atoms with Gasteiger partial charge in [-0.25, -0.2) is 0 Å². The van der Waals surface area contributed by atoms with Crippen molar-refractivity contribution in [1.82, 2.24) is 4.98 Å². The minimum atomic E-state index is -4.53. The molecule has 19 heavy (non-hydrogen) atoms. The Morgan fingerprint density at radius 2 is 2.05 bits per heavy atom. The first-order chi connectivity index (χ1) is 8.93. The highest BCUT2D eigenvalue weighted by Crippen LogP contribution is 2.32. The fourth-order valence-corrected chi connectivity index (χ4v) is 1.82. The zero-order chi connectivity index (χ0) is 14.0. The summed E-state index contributed by atoms with van der Waals surface area (Å²) in [5.74, 6) is 0.00720. The number of hydrogen-bond donors (Lipinski definition) is 1. The SMILES string of the molecule is NCC(Oc1ccc(Cl)c2cccnc12)C(F)(F)F. The van der Waals surface area contributed by atoms with E-state index in [1.807, 2.05) is 0 Å². The predicted octanol–water partition coefficient (Wildman–Crippen LogP) is 3.16. The fraction of sp³-hybridized carbons (Fsp3) is 0.250. The van der Waals surface area contributed by atoms with Crippen LogP contribution in [0.2, 0.25) is 5.02 Å². The smallest absolute Gasteiger partial charge is 0.426 e. The van der Waals surface area contributed by atoms with Crippen LogP contribution in [0.4, 0.5) is 13.2 Å². The van der Waals surface area contributed by atoms with Crippen LogP contribution in [0.3, 0.4) is 0 Å². The van der Waals surface area contributed by atoms with Crippen LogP contribution < -0.4 is 10.5 Å². The van der Waals surface area contributed by atoms with E-state index in [9.17, 15) is 13.2 Å². The van der Waals surface area contributed by atoms with Gasteiger partial charge in [-0.1, -0.05) is 11.6 Å². The first kappa shape index (κ1) is 13.9. The second-order valence-corrected chi connectivity index (χ2v) is 4.24. The molecule has 0 fully saturated rings. The van der Waals surface area contributed by atoms with Crippen LogP contribution in [0.1, 0.15) is 0 Å². The van der Waals surface area contributed by atoms with Crippen LogP contribution in [0.15, 0.2) is 30.5 Å². The van der Waals surface area contributed by atoms with E-state index in [-0.39, 0.29) is 11.3 Å². The maximum Gasteiger partial charge on any atom is 0.426 e. The Morgan fingerprint density at radius 3 is 2.68 bits per heavy atom. The average molecular weight is 291 g/mol. The van der Waals surface area contributed by atoms with Crippen LogP contribution in [0, 0.1) is 0 Å². The summed E-state index contributed by atoms with van der Waals surface area (Å²) in [5, 5.41) is 0.923. The normalized spacial score (nSPS) is 13.5. The van der Waals surface area contributed by atoms with E-state index in [4.69, 9.17) is 22.1 Å². The van der Waals surface area contributed by atoms with Crippen molar-refractivity contribution in [3.63, 3.8) is 0 Å². The predicted molar refractivity (Wildman–Crippen MR) is 66.3 cm³/mol. The minimum Gasteiger partial charge on any atom is -0.477 e. The molecule has 0 spiro atoms. The molecule has 7 heteroatoms. The van der Waals surface area contributed by atoms with E-state index in [0.29, 0.717) is 10.4 Å². The van der Waals surface area contributed by atoms with Gasteiger partial charge in [-0.15, -0.1) is 0 Å². The second kappa shape index (κ2) is 5.22. The molecule has 3 nitrogen and oxygen atoms in total. The molecular weight excluding hydrogens is 281 g/mol. The second-order valence-electron chi connectivity index (χ2n) is 3.83. The zero-order valence-electron chi connectivity index (χ0n) is 9.62. The summed E-state index contributed by atoms with van der Waals surface area (Å²) in [6.07, 6.45) is -5.15. The molecule has 1 aromatic heterocycles. The van der Waals surface area contributed by atoms with Gasteiger partial charge in [0.15, 0.2) is 0 Å². The summed E-state index contributed by atoms with van der Waals surface area (Å²) in [4.78, 5) is 3.99. The molecule has 0 aliphatic rings. The highest BCUT2D eigenvalue weighted by Gasteiger charge is 2.41. The van der Waals surface area contributed by atoms with E-state index in [1.54, 1.807) is 12.1 Å². The fourth-order valence-electron chi connectivity index (χ4n) is 1.61. The maximum atomic E-state index is 12.6. The summed E-state index contributed by atoms with van der Waals surface area (Å²) in [5.41, 5.74) is 5.36. The molecule has 102 valence electrons. The number of nitrogens with zero attached hydrogens (tertiary/aromatic N) is 1. The van der Waals surface area contributed by atoms with Crippen LogP contribution in [0.25, 0.3) is 10.9 Å². The first-order valence-corrected chi connectivity index (χ1v) is 5.78. The molecule has 2 aromatic rings. The lowest BCUT2D eigenvalue weighted by atomic mass is 10.2. The summed E-state index contributed by atoms with van der Waals surface area (Å²) >= 11 is 5.95. The molecule has 0 saturated carbocycles. The highest BCUT2D eigenvalue weighted by atomic mass is 35.5.